The van der Waals surface area contributed by atoms with Gasteiger partial charge in [-0.3, -0.25) is 9.59 Å². The highest BCUT2D eigenvalue weighted by Gasteiger charge is 2.12. The van der Waals surface area contributed by atoms with Gasteiger partial charge in [0.25, 0.3) is 5.56 Å². The summed E-state index contributed by atoms with van der Waals surface area (Å²) < 4.78 is 6.38. The molecule has 1 amide bonds. The Balaban J connectivity index is 2.76. The number of nitrogens with one attached hydrogen (secondary N) is 1. The smallest absolute Gasteiger partial charge is 0.250 e. The lowest BCUT2D eigenvalue weighted by Gasteiger charge is -2.12. The summed E-state index contributed by atoms with van der Waals surface area (Å²) in [4.78, 5) is 23.3. The maximum atomic E-state index is 11.7. The molecule has 0 bridgehead atoms. The van der Waals surface area contributed by atoms with Gasteiger partial charge in [0.15, 0.2) is 0 Å². The first-order valence-electron chi connectivity index (χ1n) is 5.95. The standard InChI is InChI=1S/C13H19N3O3/c1-3-4-11(14)13(18)15-10-5-6-12(17)16(9-10)7-8-19-2/h3,5-6,9,11H,1,4,7-8,14H2,2H3,(H,15,18). The van der Waals surface area contributed by atoms with E-state index in [-0.39, 0.29) is 11.5 Å². The molecule has 1 atom stereocenters. The summed E-state index contributed by atoms with van der Waals surface area (Å²) in [6, 6.07) is 2.30. The van der Waals surface area contributed by atoms with Gasteiger partial charge in [0.05, 0.1) is 18.3 Å². The van der Waals surface area contributed by atoms with Crippen LogP contribution in [0, 0.1) is 0 Å². The van der Waals surface area contributed by atoms with Crippen molar-refractivity contribution < 1.29 is 9.53 Å². The van der Waals surface area contributed by atoms with E-state index in [0.717, 1.165) is 0 Å². The average Bonchev–Trinajstić information content (AvgIpc) is 2.39. The van der Waals surface area contributed by atoms with Crippen LogP contribution in [0.3, 0.4) is 0 Å². The molecule has 0 aliphatic rings. The first-order chi connectivity index (χ1) is 9.08. The van der Waals surface area contributed by atoms with Crippen LogP contribution in [0.2, 0.25) is 0 Å². The number of amides is 1. The fourth-order valence-electron chi connectivity index (χ4n) is 1.49. The predicted molar refractivity (Wildman–Crippen MR) is 74.0 cm³/mol. The molecule has 1 unspecified atom stereocenters. The minimum absolute atomic E-state index is 0.148. The highest BCUT2D eigenvalue weighted by atomic mass is 16.5. The molecule has 1 rings (SSSR count). The zero-order valence-corrected chi connectivity index (χ0v) is 11.0. The van der Waals surface area contributed by atoms with Gasteiger partial charge in [-0.1, -0.05) is 6.08 Å². The summed E-state index contributed by atoms with van der Waals surface area (Å²) in [6.07, 6.45) is 3.55. The van der Waals surface area contributed by atoms with Crippen molar-refractivity contribution in [3.05, 3.63) is 41.3 Å². The van der Waals surface area contributed by atoms with E-state index in [4.69, 9.17) is 10.5 Å². The number of rotatable bonds is 7. The number of nitrogens with zero attached hydrogens (tertiary/aromatic N) is 1. The molecule has 0 fully saturated rings. The fraction of sp³-hybridized carbons (Fsp3) is 0.385. The number of aromatic nitrogens is 1. The van der Waals surface area contributed by atoms with E-state index in [1.807, 2.05) is 0 Å². The molecule has 0 radical (unpaired) electrons. The molecule has 0 aromatic carbocycles. The van der Waals surface area contributed by atoms with Crippen LogP contribution >= 0.6 is 0 Å². The number of carbonyl (C=O) groups excluding carboxylic acids is 1. The predicted octanol–water partition coefficient (Wildman–Crippen LogP) is 0.337. The number of methoxy groups -OCH3 is 1. The molecule has 0 spiro atoms. The molecule has 0 aliphatic heterocycles. The minimum atomic E-state index is -0.642. The SMILES string of the molecule is C=CCC(N)C(=O)Nc1ccc(=O)n(CCOC)c1. The molecule has 3 N–H and O–H groups in total. The van der Waals surface area contributed by atoms with Gasteiger partial charge < -0.3 is 20.4 Å². The summed E-state index contributed by atoms with van der Waals surface area (Å²) in [6.45, 7) is 4.38. The molecule has 6 heteroatoms. The molecule has 19 heavy (non-hydrogen) atoms. The van der Waals surface area contributed by atoms with Gasteiger partial charge in [0, 0.05) is 25.9 Å². The number of nitrogens with two attached hydrogens (primary N) is 1. The lowest BCUT2D eigenvalue weighted by molar-refractivity contribution is -0.117. The second-order valence-corrected chi connectivity index (χ2v) is 4.06. The van der Waals surface area contributed by atoms with E-state index in [1.54, 1.807) is 25.4 Å². The van der Waals surface area contributed by atoms with Gasteiger partial charge in [-0.05, 0) is 12.5 Å². The highest BCUT2D eigenvalue weighted by Crippen LogP contribution is 2.04. The molecule has 0 aliphatic carbocycles. The summed E-state index contributed by atoms with van der Waals surface area (Å²) in [5.74, 6) is -0.308. The number of ether oxygens (including phenoxy) is 1. The van der Waals surface area contributed by atoms with Crippen LogP contribution < -0.4 is 16.6 Å². The summed E-state index contributed by atoms with van der Waals surface area (Å²) in [5.41, 5.74) is 6.03. The lowest BCUT2D eigenvalue weighted by atomic mass is 10.2. The van der Waals surface area contributed by atoms with Crippen LogP contribution in [0.25, 0.3) is 0 Å². The van der Waals surface area contributed by atoms with Gasteiger partial charge in [-0.2, -0.15) is 0 Å². The van der Waals surface area contributed by atoms with Gasteiger partial charge in [0.1, 0.15) is 0 Å². The van der Waals surface area contributed by atoms with E-state index in [1.165, 1.54) is 10.6 Å². The quantitative estimate of drug-likeness (QED) is 0.696. The van der Waals surface area contributed by atoms with Crippen molar-refractivity contribution in [1.82, 2.24) is 4.57 Å². The third kappa shape index (κ3) is 4.69. The van der Waals surface area contributed by atoms with Crippen LogP contribution in [-0.4, -0.2) is 30.2 Å². The van der Waals surface area contributed by atoms with Gasteiger partial charge >= 0.3 is 0 Å². The topological polar surface area (TPSA) is 86.4 Å². The number of pyridine rings is 1. The highest BCUT2D eigenvalue weighted by molar-refractivity contribution is 5.94. The first-order valence-corrected chi connectivity index (χ1v) is 5.95. The van der Waals surface area contributed by atoms with Crippen molar-refractivity contribution in [2.24, 2.45) is 5.73 Å². The second kappa shape index (κ2) is 7.50. The molecule has 6 nitrogen and oxygen atoms in total. The fourth-order valence-corrected chi connectivity index (χ4v) is 1.49. The Hall–Kier alpha value is -1.92. The second-order valence-electron chi connectivity index (χ2n) is 4.06. The zero-order chi connectivity index (χ0) is 14.3. The van der Waals surface area contributed by atoms with E-state index in [9.17, 15) is 9.59 Å². The van der Waals surface area contributed by atoms with Crippen molar-refractivity contribution in [3.63, 3.8) is 0 Å². The van der Waals surface area contributed by atoms with Gasteiger partial charge in [-0.25, -0.2) is 0 Å². The van der Waals surface area contributed by atoms with Crippen LogP contribution in [0.4, 0.5) is 5.69 Å². The maximum absolute atomic E-state index is 11.7. The normalized spacial score (nSPS) is 11.9. The summed E-state index contributed by atoms with van der Waals surface area (Å²) in [7, 11) is 1.56. The van der Waals surface area contributed by atoms with E-state index < -0.39 is 6.04 Å². The molecule has 0 saturated carbocycles. The molecule has 1 aromatic rings. The van der Waals surface area contributed by atoms with Crippen molar-refractivity contribution in [2.75, 3.05) is 19.0 Å². The van der Waals surface area contributed by atoms with Crippen LogP contribution in [0.5, 0.6) is 0 Å². The van der Waals surface area contributed by atoms with Crippen molar-refractivity contribution in [1.29, 1.82) is 0 Å². The van der Waals surface area contributed by atoms with Crippen LogP contribution in [0.15, 0.2) is 35.8 Å². The van der Waals surface area contributed by atoms with Crippen LogP contribution in [0.1, 0.15) is 6.42 Å². The summed E-state index contributed by atoms with van der Waals surface area (Å²) in [5, 5.41) is 2.66. The Bertz CT molecular complexity index is 496. The summed E-state index contributed by atoms with van der Waals surface area (Å²) >= 11 is 0. The Kier molecular flexibility index (Phi) is 5.98. The maximum Gasteiger partial charge on any atom is 0.250 e. The Morgan fingerprint density at radius 2 is 2.37 bits per heavy atom. The van der Waals surface area contributed by atoms with Crippen molar-refractivity contribution in [3.8, 4) is 0 Å². The Labute approximate surface area is 111 Å². The first kappa shape index (κ1) is 15.1. The van der Waals surface area contributed by atoms with E-state index in [2.05, 4.69) is 11.9 Å². The lowest BCUT2D eigenvalue weighted by Crippen LogP contribution is -2.35. The Morgan fingerprint density at radius 1 is 1.63 bits per heavy atom. The molecule has 104 valence electrons. The van der Waals surface area contributed by atoms with E-state index in [0.29, 0.717) is 25.3 Å². The van der Waals surface area contributed by atoms with Crippen molar-refractivity contribution in [2.45, 2.75) is 19.0 Å². The monoisotopic (exact) mass is 265 g/mol. The number of hydrogen-bond acceptors (Lipinski definition) is 4. The molecule has 1 aromatic heterocycles. The minimum Gasteiger partial charge on any atom is -0.383 e. The third-order valence-electron chi connectivity index (χ3n) is 2.54. The molecular weight excluding hydrogens is 246 g/mol. The largest absolute Gasteiger partial charge is 0.383 e. The molecule has 1 heterocycles. The van der Waals surface area contributed by atoms with Gasteiger partial charge in [0.2, 0.25) is 5.91 Å². The average molecular weight is 265 g/mol. The number of hydrogen-bond donors (Lipinski definition) is 2. The zero-order valence-electron chi connectivity index (χ0n) is 11.0. The molecular formula is C13H19N3O3. The third-order valence-corrected chi connectivity index (χ3v) is 2.54. The van der Waals surface area contributed by atoms with E-state index >= 15 is 0 Å². The molecule has 0 saturated heterocycles. The van der Waals surface area contributed by atoms with Crippen molar-refractivity contribution >= 4 is 11.6 Å². The van der Waals surface area contributed by atoms with Crippen LogP contribution in [-0.2, 0) is 16.1 Å². The Morgan fingerprint density at radius 3 is 3.00 bits per heavy atom. The van der Waals surface area contributed by atoms with Gasteiger partial charge in [-0.15, -0.1) is 6.58 Å². The number of carbonyl (C=O) groups is 1. The number of anilines is 1.